The fourth-order valence-electron chi connectivity index (χ4n) is 2.64. The largest absolute Gasteiger partial charge is 0.399 e. The average Bonchev–Trinajstić information content (AvgIpc) is 3.23. The summed E-state index contributed by atoms with van der Waals surface area (Å²) in [6, 6.07) is 10.9. The van der Waals surface area contributed by atoms with Crippen molar-refractivity contribution in [3.05, 3.63) is 64.7 Å². The normalized spacial score (nSPS) is 10.3. The molecule has 4 N–H and O–H groups in total. The lowest BCUT2D eigenvalue weighted by Gasteiger charge is -1.97. The number of ketones is 2. The van der Waals surface area contributed by atoms with Crippen LogP contribution in [0.5, 0.6) is 0 Å². The Balaban J connectivity index is 0.000000221. The van der Waals surface area contributed by atoms with Crippen molar-refractivity contribution in [1.82, 2.24) is 9.13 Å². The minimum Gasteiger partial charge on any atom is -0.399 e. The lowest BCUT2D eigenvalue weighted by Crippen LogP contribution is -2.08. The van der Waals surface area contributed by atoms with Gasteiger partial charge in [0.15, 0.2) is 0 Å². The van der Waals surface area contributed by atoms with Gasteiger partial charge in [-0.1, -0.05) is 12.1 Å². The van der Waals surface area contributed by atoms with Gasteiger partial charge >= 0.3 is 0 Å². The van der Waals surface area contributed by atoms with Gasteiger partial charge in [-0.3, -0.25) is 9.59 Å². The molecule has 0 aliphatic rings. The van der Waals surface area contributed by atoms with E-state index < -0.39 is 13.2 Å². The summed E-state index contributed by atoms with van der Waals surface area (Å²) < 4.78 is 4.23. The zero-order valence-corrected chi connectivity index (χ0v) is 17.2. The number of nitrogens with zero attached hydrogens (tertiary/aromatic N) is 2. The van der Waals surface area contributed by atoms with Gasteiger partial charge in [-0.15, -0.1) is 0 Å². The van der Waals surface area contributed by atoms with Crippen LogP contribution < -0.4 is 5.73 Å². The summed E-state index contributed by atoms with van der Waals surface area (Å²) in [5, 5.41) is 17.4. The molecule has 7 nitrogen and oxygen atoms in total. The minimum absolute atomic E-state index is 0.266. The lowest BCUT2D eigenvalue weighted by molar-refractivity contribution is 0.0889. The van der Waals surface area contributed by atoms with E-state index in [4.69, 9.17) is 15.9 Å². The Morgan fingerprint density at radius 2 is 1.39 bits per heavy atom. The summed E-state index contributed by atoms with van der Waals surface area (Å²) in [5.74, 6) is -0.549. The molecular weight excluding hydrogens is 426 g/mol. The van der Waals surface area contributed by atoms with Crippen molar-refractivity contribution in [2.45, 2.75) is 0 Å². The molecule has 2 heterocycles. The van der Waals surface area contributed by atoms with Gasteiger partial charge in [0.25, 0.3) is 0 Å². The van der Waals surface area contributed by atoms with Crippen molar-refractivity contribution in [1.29, 1.82) is 0 Å². The molecule has 0 spiro atoms. The van der Waals surface area contributed by atoms with Crippen LogP contribution in [0.1, 0.15) is 21.0 Å². The van der Waals surface area contributed by atoms with E-state index in [1.54, 1.807) is 41.6 Å². The number of anilines is 1. The Bertz CT molecular complexity index is 974. The number of carbonyl (C=O) groups is 2. The summed E-state index contributed by atoms with van der Waals surface area (Å²) in [7, 11) is 3.54. The van der Waals surface area contributed by atoms with Crippen LogP contribution in [0.15, 0.2) is 53.3 Å². The molecule has 28 heavy (non-hydrogen) atoms. The van der Waals surface area contributed by atoms with Gasteiger partial charge < -0.3 is 25.1 Å². The van der Waals surface area contributed by atoms with Crippen molar-refractivity contribution >= 4 is 33.2 Å². The molecular formula is C20H22BrN3O4. The molecule has 0 aliphatic heterocycles. The summed E-state index contributed by atoms with van der Waals surface area (Å²) in [6.07, 6.45) is 3.62. The summed E-state index contributed by atoms with van der Waals surface area (Å²) in [6.45, 7) is -0.913. The van der Waals surface area contributed by atoms with Crippen LogP contribution in [0.25, 0.3) is 11.1 Å². The molecule has 3 rings (SSSR count). The highest BCUT2D eigenvalue weighted by atomic mass is 79.9. The van der Waals surface area contributed by atoms with E-state index in [-0.39, 0.29) is 11.6 Å². The van der Waals surface area contributed by atoms with Crippen LogP contribution in [0.2, 0.25) is 0 Å². The third-order valence-corrected chi connectivity index (χ3v) is 4.51. The highest BCUT2D eigenvalue weighted by molar-refractivity contribution is 9.10. The van der Waals surface area contributed by atoms with Crippen molar-refractivity contribution in [3.8, 4) is 11.1 Å². The lowest BCUT2D eigenvalue weighted by atomic mass is 10.1. The molecule has 0 radical (unpaired) electrons. The molecule has 0 fully saturated rings. The number of nitrogen functional groups attached to an aromatic ring is 1. The topological polar surface area (TPSA) is 110 Å². The second kappa shape index (κ2) is 9.50. The maximum atomic E-state index is 11.4. The van der Waals surface area contributed by atoms with Crippen LogP contribution in [0.4, 0.5) is 5.69 Å². The monoisotopic (exact) mass is 447 g/mol. The van der Waals surface area contributed by atoms with Crippen LogP contribution in [-0.2, 0) is 14.1 Å². The quantitative estimate of drug-likeness (QED) is 0.410. The number of hydrogen-bond acceptors (Lipinski definition) is 5. The molecule has 0 amide bonds. The second-order valence-electron chi connectivity index (χ2n) is 6.16. The Hall–Kier alpha value is -2.68. The van der Waals surface area contributed by atoms with Crippen molar-refractivity contribution in [2.75, 3.05) is 18.9 Å². The number of nitrogens with two attached hydrogens (primary N) is 1. The van der Waals surface area contributed by atoms with Gasteiger partial charge in [-0.05, 0) is 45.8 Å². The number of carbonyl (C=O) groups excluding carboxylic acids is 2. The van der Waals surface area contributed by atoms with E-state index in [1.165, 1.54) is 0 Å². The molecule has 0 atom stereocenters. The summed E-state index contributed by atoms with van der Waals surface area (Å²) in [5.41, 5.74) is 9.26. The number of aromatic nitrogens is 2. The molecule has 0 saturated carbocycles. The van der Waals surface area contributed by atoms with Crippen LogP contribution in [0, 0.1) is 0 Å². The van der Waals surface area contributed by atoms with Gasteiger partial charge in [-0.25, -0.2) is 0 Å². The predicted octanol–water partition coefficient (Wildman–Crippen LogP) is 2.41. The number of aryl methyl sites for hydroxylation is 2. The van der Waals surface area contributed by atoms with Crippen molar-refractivity contribution < 1.29 is 19.8 Å². The highest BCUT2D eigenvalue weighted by Crippen LogP contribution is 2.23. The first-order valence-corrected chi connectivity index (χ1v) is 9.18. The number of Topliss-reactive ketones (excluding diaryl/α,β-unsaturated/α-hetero) is 2. The Morgan fingerprint density at radius 3 is 1.86 bits per heavy atom. The molecule has 0 unspecified atom stereocenters. The average molecular weight is 448 g/mol. The summed E-state index contributed by atoms with van der Waals surface area (Å²) in [4.78, 5) is 22.4. The van der Waals surface area contributed by atoms with Gasteiger partial charge in [0.1, 0.15) is 13.2 Å². The first-order valence-electron chi connectivity index (χ1n) is 8.39. The first-order chi connectivity index (χ1) is 13.3. The maximum Gasteiger partial charge on any atom is 0.204 e. The smallest absolute Gasteiger partial charge is 0.204 e. The third kappa shape index (κ3) is 5.19. The van der Waals surface area contributed by atoms with Gasteiger partial charge in [-0.2, -0.15) is 0 Å². The van der Waals surface area contributed by atoms with E-state index in [2.05, 4.69) is 15.9 Å². The van der Waals surface area contributed by atoms with E-state index in [9.17, 15) is 9.59 Å². The summed E-state index contributed by atoms with van der Waals surface area (Å²) >= 11 is 3.23. The Labute approximate surface area is 171 Å². The zero-order chi connectivity index (χ0) is 20.8. The molecule has 2 aromatic heterocycles. The minimum atomic E-state index is -0.473. The van der Waals surface area contributed by atoms with Crippen molar-refractivity contribution in [3.63, 3.8) is 0 Å². The second-order valence-corrected chi connectivity index (χ2v) is 7.08. The molecule has 1 aromatic carbocycles. The van der Waals surface area contributed by atoms with Crippen LogP contribution >= 0.6 is 15.9 Å². The van der Waals surface area contributed by atoms with Crippen molar-refractivity contribution in [2.24, 2.45) is 14.1 Å². The number of aliphatic hydroxyl groups excluding tert-OH is 2. The third-order valence-electron chi connectivity index (χ3n) is 4.08. The fraction of sp³-hybridized carbons (Fsp3) is 0.200. The van der Waals surface area contributed by atoms with E-state index in [1.807, 2.05) is 30.5 Å². The molecule has 0 bridgehead atoms. The Morgan fingerprint density at radius 1 is 0.893 bits per heavy atom. The van der Waals surface area contributed by atoms with Gasteiger partial charge in [0.05, 0.1) is 11.4 Å². The molecule has 148 valence electrons. The van der Waals surface area contributed by atoms with Gasteiger partial charge in [0.2, 0.25) is 11.6 Å². The number of hydrogen-bond donors (Lipinski definition) is 3. The van der Waals surface area contributed by atoms with Crippen LogP contribution in [-0.4, -0.2) is 44.1 Å². The van der Waals surface area contributed by atoms with Gasteiger partial charge in [0, 0.05) is 42.2 Å². The standard InChI is InChI=1S/C13H14N2O2.C7H8BrNO2/c1-15-7-10(6-12(15)13(17)8-16)9-2-4-11(14)5-3-9;1-9-3-5(8)2-6(9)7(11)4-10/h2-7,16H,8,14H2,1H3;2-3,10H,4H2,1H3. The Kier molecular flexibility index (Phi) is 7.33. The van der Waals surface area contributed by atoms with E-state index in [0.717, 1.165) is 15.6 Å². The fourth-order valence-corrected chi connectivity index (χ4v) is 3.16. The zero-order valence-electron chi connectivity index (χ0n) is 15.6. The molecule has 8 heteroatoms. The molecule has 0 aliphatic carbocycles. The predicted molar refractivity (Wildman–Crippen MR) is 111 cm³/mol. The number of halogens is 1. The molecule has 3 aromatic rings. The van der Waals surface area contributed by atoms with E-state index in [0.29, 0.717) is 17.1 Å². The number of aliphatic hydroxyl groups is 2. The highest BCUT2D eigenvalue weighted by Gasteiger charge is 2.11. The maximum absolute atomic E-state index is 11.4. The number of rotatable bonds is 5. The van der Waals surface area contributed by atoms with E-state index >= 15 is 0 Å². The van der Waals surface area contributed by atoms with Crippen LogP contribution in [0.3, 0.4) is 0 Å². The number of benzene rings is 1. The molecule has 0 saturated heterocycles. The first kappa shape index (κ1) is 21.6. The SMILES string of the molecule is Cn1cc(-c2ccc(N)cc2)cc1C(=O)CO.Cn1cc(Br)cc1C(=O)CO.